The molecule has 0 atom stereocenters. The van der Waals surface area contributed by atoms with E-state index in [1.54, 1.807) is 12.3 Å². The van der Waals surface area contributed by atoms with Gasteiger partial charge in [0.25, 0.3) is 0 Å². The zero-order valence-electron chi connectivity index (χ0n) is 10.1. The van der Waals surface area contributed by atoms with Gasteiger partial charge in [0.1, 0.15) is 11.9 Å². The molecule has 1 aromatic heterocycles. The first kappa shape index (κ1) is 12.1. The van der Waals surface area contributed by atoms with E-state index >= 15 is 0 Å². The molecule has 0 aliphatic carbocycles. The Hall–Kier alpha value is -2.34. The molecule has 0 spiro atoms. The van der Waals surface area contributed by atoms with Crippen LogP contribution in [0, 0.1) is 11.3 Å². The maximum absolute atomic E-state index is 8.66. The summed E-state index contributed by atoms with van der Waals surface area (Å²) < 4.78 is 0. The Morgan fingerprint density at radius 1 is 1.11 bits per heavy atom. The summed E-state index contributed by atoms with van der Waals surface area (Å²) in [6.07, 6.45) is 3.70. The molecule has 0 bridgehead atoms. The molecular weight excluding hydrogens is 222 g/mol. The summed E-state index contributed by atoms with van der Waals surface area (Å²) in [6, 6.07) is 16.1. The van der Waals surface area contributed by atoms with E-state index in [1.807, 2.05) is 12.1 Å². The van der Waals surface area contributed by atoms with Crippen LogP contribution in [0.4, 0.5) is 5.82 Å². The highest BCUT2D eigenvalue weighted by Crippen LogP contribution is 2.06. The van der Waals surface area contributed by atoms with Crippen LogP contribution in [0.25, 0.3) is 0 Å². The van der Waals surface area contributed by atoms with Crippen LogP contribution < -0.4 is 5.32 Å². The minimum absolute atomic E-state index is 0.588. The number of hydrogen-bond acceptors (Lipinski definition) is 3. The van der Waals surface area contributed by atoms with E-state index < -0.39 is 0 Å². The highest BCUT2D eigenvalue weighted by atomic mass is 15.0. The summed E-state index contributed by atoms with van der Waals surface area (Å²) in [7, 11) is 0. The topological polar surface area (TPSA) is 48.7 Å². The first-order valence-corrected chi connectivity index (χ1v) is 6.02. The van der Waals surface area contributed by atoms with Crippen molar-refractivity contribution in [3.05, 3.63) is 59.8 Å². The second-order valence-electron chi connectivity index (χ2n) is 4.06. The number of pyridine rings is 1. The van der Waals surface area contributed by atoms with Gasteiger partial charge in [-0.25, -0.2) is 4.98 Å². The molecule has 0 aliphatic heterocycles. The van der Waals surface area contributed by atoms with Crippen molar-refractivity contribution in [3.8, 4) is 6.07 Å². The highest BCUT2D eigenvalue weighted by Gasteiger charge is 1.95. The lowest BCUT2D eigenvalue weighted by Crippen LogP contribution is -2.04. The summed E-state index contributed by atoms with van der Waals surface area (Å²) in [6.45, 7) is 0.883. The molecule has 0 amide bonds. The molecule has 0 fully saturated rings. The predicted molar refractivity (Wildman–Crippen MR) is 72.2 cm³/mol. The smallest absolute Gasteiger partial charge is 0.125 e. The van der Waals surface area contributed by atoms with Gasteiger partial charge < -0.3 is 5.32 Å². The lowest BCUT2D eigenvalue weighted by atomic mass is 10.1. The van der Waals surface area contributed by atoms with E-state index in [2.05, 4.69) is 40.6 Å². The van der Waals surface area contributed by atoms with E-state index in [0.717, 1.165) is 25.2 Å². The fraction of sp³-hybridized carbons (Fsp3) is 0.200. The summed E-state index contributed by atoms with van der Waals surface area (Å²) in [4.78, 5) is 4.16. The molecule has 0 saturated carbocycles. The first-order chi connectivity index (χ1) is 8.88. The minimum atomic E-state index is 0.588. The number of aryl methyl sites for hydroxylation is 1. The normalized spacial score (nSPS) is 9.72. The number of benzene rings is 1. The lowest BCUT2D eigenvalue weighted by molar-refractivity contribution is 0.859. The molecule has 1 N–H and O–H groups in total. The van der Waals surface area contributed by atoms with Gasteiger partial charge in [0.15, 0.2) is 0 Å². The third-order valence-electron chi connectivity index (χ3n) is 2.68. The van der Waals surface area contributed by atoms with Gasteiger partial charge in [0.05, 0.1) is 5.56 Å². The SMILES string of the molecule is N#Cc1ccc(NCCCc2ccccc2)nc1. The molecule has 2 aromatic rings. The van der Waals surface area contributed by atoms with Gasteiger partial charge in [0.2, 0.25) is 0 Å². The molecule has 0 unspecified atom stereocenters. The van der Waals surface area contributed by atoms with Crippen molar-refractivity contribution in [2.24, 2.45) is 0 Å². The van der Waals surface area contributed by atoms with Crippen LogP contribution in [0.15, 0.2) is 48.7 Å². The number of rotatable bonds is 5. The molecule has 0 aliphatic rings. The van der Waals surface area contributed by atoms with Crippen molar-refractivity contribution in [2.45, 2.75) is 12.8 Å². The summed E-state index contributed by atoms with van der Waals surface area (Å²) in [5.41, 5.74) is 1.94. The van der Waals surface area contributed by atoms with Crippen LogP contribution in [0.3, 0.4) is 0 Å². The molecule has 18 heavy (non-hydrogen) atoms. The third kappa shape index (κ3) is 3.60. The van der Waals surface area contributed by atoms with Crippen LogP contribution in [-0.4, -0.2) is 11.5 Å². The average Bonchev–Trinajstić information content (AvgIpc) is 2.45. The van der Waals surface area contributed by atoms with Crippen LogP contribution >= 0.6 is 0 Å². The second-order valence-corrected chi connectivity index (χ2v) is 4.06. The van der Waals surface area contributed by atoms with Crippen molar-refractivity contribution < 1.29 is 0 Å². The van der Waals surface area contributed by atoms with E-state index in [9.17, 15) is 0 Å². The quantitative estimate of drug-likeness (QED) is 0.813. The summed E-state index contributed by atoms with van der Waals surface area (Å²) in [5, 5.41) is 11.9. The number of nitrogens with one attached hydrogen (secondary N) is 1. The van der Waals surface area contributed by atoms with Crippen molar-refractivity contribution in [2.75, 3.05) is 11.9 Å². The van der Waals surface area contributed by atoms with Gasteiger partial charge in [0, 0.05) is 12.7 Å². The Balaban J connectivity index is 1.74. The number of hydrogen-bond donors (Lipinski definition) is 1. The fourth-order valence-electron chi connectivity index (χ4n) is 1.72. The largest absolute Gasteiger partial charge is 0.370 e. The Morgan fingerprint density at radius 2 is 1.94 bits per heavy atom. The predicted octanol–water partition coefficient (Wildman–Crippen LogP) is 3.00. The Kier molecular flexibility index (Phi) is 4.32. The van der Waals surface area contributed by atoms with E-state index in [-0.39, 0.29) is 0 Å². The van der Waals surface area contributed by atoms with Crippen molar-refractivity contribution in [3.63, 3.8) is 0 Å². The molecule has 0 saturated heterocycles. The zero-order valence-corrected chi connectivity index (χ0v) is 10.1. The molecule has 2 rings (SSSR count). The minimum Gasteiger partial charge on any atom is -0.370 e. The number of nitriles is 1. The molecule has 1 aromatic carbocycles. The van der Waals surface area contributed by atoms with Crippen molar-refractivity contribution >= 4 is 5.82 Å². The van der Waals surface area contributed by atoms with E-state index in [0.29, 0.717) is 5.56 Å². The van der Waals surface area contributed by atoms with Crippen molar-refractivity contribution in [1.29, 1.82) is 5.26 Å². The molecule has 90 valence electrons. The Morgan fingerprint density at radius 3 is 2.61 bits per heavy atom. The Labute approximate surface area is 107 Å². The maximum atomic E-state index is 8.66. The lowest BCUT2D eigenvalue weighted by Gasteiger charge is -2.05. The van der Waals surface area contributed by atoms with Gasteiger partial charge in [-0.15, -0.1) is 0 Å². The van der Waals surface area contributed by atoms with Gasteiger partial charge in [-0.1, -0.05) is 30.3 Å². The maximum Gasteiger partial charge on any atom is 0.125 e. The molecule has 3 nitrogen and oxygen atoms in total. The summed E-state index contributed by atoms with van der Waals surface area (Å²) in [5.74, 6) is 0.821. The van der Waals surface area contributed by atoms with Gasteiger partial charge in [-0.05, 0) is 30.5 Å². The highest BCUT2D eigenvalue weighted by molar-refractivity contribution is 5.38. The van der Waals surface area contributed by atoms with Gasteiger partial charge in [-0.2, -0.15) is 5.26 Å². The fourth-order valence-corrected chi connectivity index (χ4v) is 1.72. The van der Waals surface area contributed by atoms with Crippen molar-refractivity contribution in [1.82, 2.24) is 4.98 Å². The summed E-state index contributed by atoms with van der Waals surface area (Å²) >= 11 is 0. The number of nitrogens with zero attached hydrogens (tertiary/aromatic N) is 2. The monoisotopic (exact) mass is 237 g/mol. The van der Waals surface area contributed by atoms with Gasteiger partial charge in [-0.3, -0.25) is 0 Å². The number of anilines is 1. The molecule has 3 heteroatoms. The zero-order chi connectivity index (χ0) is 12.6. The third-order valence-corrected chi connectivity index (χ3v) is 2.68. The van der Waals surface area contributed by atoms with Crippen LogP contribution in [0.2, 0.25) is 0 Å². The van der Waals surface area contributed by atoms with Crippen LogP contribution in [0.5, 0.6) is 0 Å². The van der Waals surface area contributed by atoms with E-state index in [1.165, 1.54) is 5.56 Å². The van der Waals surface area contributed by atoms with Crippen LogP contribution in [0.1, 0.15) is 17.5 Å². The average molecular weight is 237 g/mol. The first-order valence-electron chi connectivity index (χ1n) is 6.02. The molecular formula is C15H15N3. The standard InChI is InChI=1S/C15H15N3/c16-11-14-8-9-15(18-12-14)17-10-4-7-13-5-2-1-3-6-13/h1-3,5-6,8-9,12H,4,7,10H2,(H,17,18). The van der Waals surface area contributed by atoms with Gasteiger partial charge >= 0.3 is 0 Å². The van der Waals surface area contributed by atoms with Crippen LogP contribution in [-0.2, 0) is 6.42 Å². The molecule has 0 radical (unpaired) electrons. The second kappa shape index (κ2) is 6.41. The number of aromatic nitrogens is 1. The molecule has 1 heterocycles. The van der Waals surface area contributed by atoms with E-state index in [4.69, 9.17) is 5.26 Å². The Bertz CT molecular complexity index is 512.